The van der Waals surface area contributed by atoms with Gasteiger partial charge in [-0.25, -0.2) is 0 Å². The largest absolute Gasteiger partial charge is 0.495 e. The highest BCUT2D eigenvalue weighted by molar-refractivity contribution is 9.10. The van der Waals surface area contributed by atoms with E-state index < -0.39 is 5.97 Å². The summed E-state index contributed by atoms with van der Waals surface area (Å²) in [5.74, 6) is -0.616. The molecule has 1 aromatic rings. The Balaban J connectivity index is 3.17. The summed E-state index contributed by atoms with van der Waals surface area (Å²) in [5, 5.41) is 11.4. The molecule has 0 saturated carbocycles. The third-order valence-corrected chi connectivity index (χ3v) is 3.07. The molecule has 1 aromatic carbocycles. The molecule has 0 aliphatic heterocycles. The zero-order chi connectivity index (χ0) is 13.7. The Kier molecular flexibility index (Phi) is 5.15. The molecule has 0 unspecified atom stereocenters. The van der Waals surface area contributed by atoms with Crippen LogP contribution in [-0.4, -0.2) is 24.1 Å². The fourth-order valence-electron chi connectivity index (χ4n) is 1.56. The lowest BCUT2D eigenvalue weighted by Crippen LogP contribution is -2.11. The number of hydrogen-bond donors (Lipinski definition) is 2. The average Bonchev–Trinajstić information content (AvgIpc) is 2.27. The van der Waals surface area contributed by atoms with Gasteiger partial charge in [-0.15, -0.1) is 0 Å². The van der Waals surface area contributed by atoms with E-state index in [4.69, 9.17) is 9.84 Å². The van der Waals surface area contributed by atoms with E-state index in [2.05, 4.69) is 21.2 Å². The van der Waals surface area contributed by atoms with Gasteiger partial charge in [-0.3, -0.25) is 9.59 Å². The third-order valence-electron chi connectivity index (χ3n) is 2.33. The molecule has 0 atom stereocenters. The Morgan fingerprint density at radius 3 is 2.61 bits per heavy atom. The lowest BCUT2D eigenvalue weighted by atomic mass is 10.1. The van der Waals surface area contributed by atoms with Gasteiger partial charge in [0.2, 0.25) is 5.91 Å². The smallest absolute Gasteiger partial charge is 0.303 e. The van der Waals surface area contributed by atoms with E-state index in [-0.39, 0.29) is 12.3 Å². The minimum atomic E-state index is -0.890. The highest BCUT2D eigenvalue weighted by Crippen LogP contribution is 2.34. The van der Waals surface area contributed by atoms with Crippen molar-refractivity contribution < 1.29 is 19.4 Å². The molecule has 2 N–H and O–H groups in total. The summed E-state index contributed by atoms with van der Waals surface area (Å²) in [6, 6.07) is 3.47. The highest BCUT2D eigenvalue weighted by atomic mass is 79.9. The van der Waals surface area contributed by atoms with Crippen LogP contribution >= 0.6 is 15.9 Å². The molecule has 98 valence electrons. The van der Waals surface area contributed by atoms with Gasteiger partial charge in [0.1, 0.15) is 5.75 Å². The van der Waals surface area contributed by atoms with Gasteiger partial charge in [0.05, 0.1) is 12.8 Å². The van der Waals surface area contributed by atoms with E-state index >= 15 is 0 Å². The minimum Gasteiger partial charge on any atom is -0.495 e. The zero-order valence-corrected chi connectivity index (χ0v) is 11.7. The van der Waals surface area contributed by atoms with Gasteiger partial charge in [-0.2, -0.15) is 0 Å². The maximum absolute atomic E-state index is 11.2. The van der Waals surface area contributed by atoms with Crippen molar-refractivity contribution in [1.29, 1.82) is 0 Å². The van der Waals surface area contributed by atoms with Crippen molar-refractivity contribution in [1.82, 2.24) is 0 Å². The third kappa shape index (κ3) is 3.73. The number of nitrogens with one attached hydrogen (secondary N) is 1. The molecule has 0 aliphatic carbocycles. The first-order chi connectivity index (χ1) is 8.45. The number of rotatable bonds is 5. The first-order valence-electron chi connectivity index (χ1n) is 5.30. The van der Waals surface area contributed by atoms with Gasteiger partial charge in [-0.05, 0) is 24.1 Å². The molecule has 0 aliphatic rings. The molecule has 5 nitrogen and oxygen atoms in total. The zero-order valence-electron chi connectivity index (χ0n) is 10.1. The first kappa shape index (κ1) is 14.5. The number of halogens is 1. The van der Waals surface area contributed by atoms with Gasteiger partial charge >= 0.3 is 5.97 Å². The van der Waals surface area contributed by atoms with Gasteiger partial charge < -0.3 is 15.2 Å². The fourth-order valence-corrected chi connectivity index (χ4v) is 2.09. The van der Waals surface area contributed by atoms with Gasteiger partial charge in [0.25, 0.3) is 0 Å². The molecule has 18 heavy (non-hydrogen) atoms. The van der Waals surface area contributed by atoms with Crippen LogP contribution in [0.5, 0.6) is 5.75 Å². The Hall–Kier alpha value is -1.56. The summed E-state index contributed by atoms with van der Waals surface area (Å²) in [6.45, 7) is 1.39. The summed E-state index contributed by atoms with van der Waals surface area (Å²) in [5.41, 5.74) is 1.23. The number of carboxylic acid groups (broad SMARTS) is 1. The van der Waals surface area contributed by atoms with Crippen molar-refractivity contribution in [3.63, 3.8) is 0 Å². The summed E-state index contributed by atoms with van der Waals surface area (Å²) in [6.07, 6.45) is 0.293. The summed E-state index contributed by atoms with van der Waals surface area (Å²) >= 11 is 3.35. The van der Waals surface area contributed by atoms with Crippen molar-refractivity contribution >= 4 is 33.5 Å². The average molecular weight is 316 g/mol. The van der Waals surface area contributed by atoms with E-state index in [1.807, 2.05) is 0 Å². The minimum absolute atomic E-state index is 0.0155. The lowest BCUT2D eigenvalue weighted by Gasteiger charge is -2.15. The summed E-state index contributed by atoms with van der Waals surface area (Å²) < 4.78 is 5.91. The molecular formula is C12H14BrNO4. The predicted octanol–water partition coefficient (Wildman–Crippen LogP) is 2.43. The highest BCUT2D eigenvalue weighted by Gasteiger charge is 2.15. The molecular weight excluding hydrogens is 302 g/mol. The Morgan fingerprint density at radius 1 is 1.44 bits per heavy atom. The maximum atomic E-state index is 11.2. The molecule has 1 rings (SSSR count). The van der Waals surface area contributed by atoms with Crippen molar-refractivity contribution in [2.45, 2.75) is 19.8 Å². The lowest BCUT2D eigenvalue weighted by molar-refractivity contribution is -0.136. The van der Waals surface area contributed by atoms with Crippen LogP contribution in [0, 0.1) is 0 Å². The van der Waals surface area contributed by atoms with Gasteiger partial charge in [0.15, 0.2) is 0 Å². The quantitative estimate of drug-likeness (QED) is 0.875. The van der Waals surface area contributed by atoms with E-state index in [0.717, 1.165) is 4.47 Å². The van der Waals surface area contributed by atoms with Crippen LogP contribution in [0.2, 0.25) is 0 Å². The first-order valence-corrected chi connectivity index (χ1v) is 6.09. The standard InChI is InChI=1S/C12H14BrNO4/c1-7(15)14-12-8(3-6-11(16)17)9(13)4-5-10(12)18-2/h4-5H,3,6H2,1-2H3,(H,14,15)(H,16,17). The monoisotopic (exact) mass is 315 g/mol. The van der Waals surface area contributed by atoms with Crippen molar-refractivity contribution in [3.05, 3.63) is 22.2 Å². The fraction of sp³-hybridized carbons (Fsp3) is 0.333. The molecule has 6 heteroatoms. The van der Waals surface area contributed by atoms with Crippen molar-refractivity contribution in [2.24, 2.45) is 0 Å². The van der Waals surface area contributed by atoms with E-state index in [0.29, 0.717) is 23.4 Å². The van der Waals surface area contributed by atoms with Crippen molar-refractivity contribution in [3.8, 4) is 5.75 Å². The molecule has 0 spiro atoms. The molecule has 0 saturated heterocycles. The van der Waals surface area contributed by atoms with Crippen LogP contribution < -0.4 is 10.1 Å². The summed E-state index contributed by atoms with van der Waals surface area (Å²) in [7, 11) is 1.50. The molecule has 1 amide bonds. The second kappa shape index (κ2) is 6.39. The number of carboxylic acids is 1. The molecule has 0 fully saturated rings. The normalized spacial score (nSPS) is 9.94. The maximum Gasteiger partial charge on any atom is 0.303 e. The number of benzene rings is 1. The van der Waals surface area contributed by atoms with Gasteiger partial charge in [0, 0.05) is 17.8 Å². The second-order valence-electron chi connectivity index (χ2n) is 3.68. The van der Waals surface area contributed by atoms with Crippen LogP contribution in [0.15, 0.2) is 16.6 Å². The van der Waals surface area contributed by atoms with Crippen LogP contribution in [0.4, 0.5) is 5.69 Å². The molecule has 0 bridgehead atoms. The van der Waals surface area contributed by atoms with Crippen LogP contribution in [-0.2, 0) is 16.0 Å². The van der Waals surface area contributed by atoms with E-state index in [1.54, 1.807) is 12.1 Å². The number of hydrogen-bond acceptors (Lipinski definition) is 3. The number of carbonyl (C=O) groups excluding carboxylic acids is 1. The molecule has 0 radical (unpaired) electrons. The predicted molar refractivity (Wildman–Crippen MR) is 71.0 cm³/mol. The van der Waals surface area contributed by atoms with Crippen LogP contribution in [0.25, 0.3) is 0 Å². The number of aliphatic carboxylic acids is 1. The molecule has 0 aromatic heterocycles. The number of ether oxygens (including phenoxy) is 1. The van der Waals surface area contributed by atoms with Crippen LogP contribution in [0.1, 0.15) is 18.9 Å². The van der Waals surface area contributed by atoms with Crippen LogP contribution in [0.3, 0.4) is 0 Å². The second-order valence-corrected chi connectivity index (χ2v) is 4.53. The van der Waals surface area contributed by atoms with E-state index in [9.17, 15) is 9.59 Å². The number of anilines is 1. The Bertz CT molecular complexity index is 473. The summed E-state index contributed by atoms with van der Waals surface area (Å²) in [4.78, 5) is 21.8. The Morgan fingerprint density at radius 2 is 2.11 bits per heavy atom. The SMILES string of the molecule is COc1ccc(Br)c(CCC(=O)O)c1NC(C)=O. The van der Waals surface area contributed by atoms with E-state index in [1.165, 1.54) is 14.0 Å². The number of amides is 1. The number of carbonyl (C=O) groups is 2. The topological polar surface area (TPSA) is 75.6 Å². The number of methoxy groups -OCH3 is 1. The van der Waals surface area contributed by atoms with Crippen molar-refractivity contribution in [2.75, 3.05) is 12.4 Å². The molecule has 0 heterocycles. The Labute approximate surface area is 113 Å². The van der Waals surface area contributed by atoms with Gasteiger partial charge in [-0.1, -0.05) is 15.9 Å².